The molecule has 20 heavy (non-hydrogen) atoms. The minimum Gasteiger partial charge on any atom is -0.365 e. The first-order valence-corrected chi connectivity index (χ1v) is 7.76. The van der Waals surface area contributed by atoms with Gasteiger partial charge in [-0.3, -0.25) is 4.79 Å². The number of hydrogen-bond acceptors (Lipinski definition) is 4. The summed E-state index contributed by atoms with van der Waals surface area (Å²) < 4.78 is 1.70. The second-order valence-electron chi connectivity index (χ2n) is 5.49. The van der Waals surface area contributed by atoms with Gasteiger partial charge in [0.25, 0.3) is 5.56 Å². The summed E-state index contributed by atoms with van der Waals surface area (Å²) in [5.74, 6) is 0.436. The molecule has 0 saturated heterocycles. The van der Waals surface area contributed by atoms with Gasteiger partial charge in [0.15, 0.2) is 5.82 Å². The van der Waals surface area contributed by atoms with E-state index in [9.17, 15) is 4.79 Å². The van der Waals surface area contributed by atoms with Crippen LogP contribution in [0, 0.1) is 0 Å². The molecule has 0 saturated carbocycles. The Balaban J connectivity index is 2.12. The maximum Gasteiger partial charge on any atom is 0.293 e. The van der Waals surface area contributed by atoms with Gasteiger partial charge in [0.1, 0.15) is 0 Å². The first-order chi connectivity index (χ1) is 9.54. The van der Waals surface area contributed by atoms with Gasteiger partial charge in [-0.2, -0.15) is 0 Å². The normalized spacial score (nSPS) is 11.6. The summed E-state index contributed by atoms with van der Waals surface area (Å²) in [5, 5.41) is 5.28. The molecule has 0 fully saturated rings. The molecule has 5 heteroatoms. The Morgan fingerprint density at radius 3 is 2.90 bits per heavy atom. The van der Waals surface area contributed by atoms with Crippen molar-refractivity contribution in [3.63, 3.8) is 0 Å². The van der Waals surface area contributed by atoms with Crippen LogP contribution in [0.15, 0.2) is 34.7 Å². The molecule has 0 aliphatic carbocycles. The first kappa shape index (κ1) is 14.8. The van der Waals surface area contributed by atoms with Crippen LogP contribution in [0.3, 0.4) is 0 Å². The molecular weight excluding hydrogens is 270 g/mol. The first-order valence-electron chi connectivity index (χ1n) is 6.88. The van der Waals surface area contributed by atoms with E-state index in [4.69, 9.17) is 0 Å². The number of aryl methyl sites for hydroxylation is 1. The zero-order valence-corrected chi connectivity index (χ0v) is 13.0. The van der Waals surface area contributed by atoms with Gasteiger partial charge in [0.2, 0.25) is 0 Å². The molecule has 108 valence electrons. The molecule has 4 nitrogen and oxygen atoms in total. The summed E-state index contributed by atoms with van der Waals surface area (Å²) in [6.45, 7) is 7.80. The number of rotatable bonds is 6. The molecule has 0 radical (unpaired) electrons. The summed E-state index contributed by atoms with van der Waals surface area (Å²) in [5.41, 5.74) is -0.0652. The second kappa shape index (κ2) is 6.22. The van der Waals surface area contributed by atoms with Crippen molar-refractivity contribution in [2.24, 2.45) is 0 Å². The van der Waals surface area contributed by atoms with Gasteiger partial charge in [0.05, 0.1) is 0 Å². The highest BCUT2D eigenvalue weighted by molar-refractivity contribution is 7.10. The van der Waals surface area contributed by atoms with E-state index < -0.39 is 0 Å². The average Bonchev–Trinajstić information content (AvgIpc) is 2.95. The molecule has 0 bridgehead atoms. The van der Waals surface area contributed by atoms with Crippen LogP contribution < -0.4 is 10.9 Å². The van der Waals surface area contributed by atoms with Crippen molar-refractivity contribution in [2.75, 3.05) is 11.9 Å². The monoisotopic (exact) mass is 291 g/mol. The summed E-state index contributed by atoms with van der Waals surface area (Å²) in [6, 6.07) is 4.18. The van der Waals surface area contributed by atoms with Crippen LogP contribution in [0.1, 0.15) is 32.1 Å². The van der Waals surface area contributed by atoms with Crippen molar-refractivity contribution < 1.29 is 0 Å². The van der Waals surface area contributed by atoms with E-state index in [2.05, 4.69) is 48.6 Å². The molecule has 2 aromatic heterocycles. The summed E-state index contributed by atoms with van der Waals surface area (Å²) in [6.07, 6.45) is 4.35. The lowest BCUT2D eigenvalue weighted by Crippen LogP contribution is -2.31. The van der Waals surface area contributed by atoms with Crippen molar-refractivity contribution in [1.82, 2.24) is 9.55 Å². The van der Waals surface area contributed by atoms with Crippen molar-refractivity contribution in [3.05, 3.63) is 45.1 Å². The summed E-state index contributed by atoms with van der Waals surface area (Å²) in [7, 11) is 0. The Morgan fingerprint density at radius 2 is 2.25 bits per heavy atom. The minimum absolute atomic E-state index is 0.0201. The number of anilines is 1. The standard InChI is InChI=1S/C15H21N3OS/c1-4-8-18-9-7-16-13(14(18)19)17-11-15(2,3)12-6-5-10-20-12/h5-7,9-10H,4,8,11H2,1-3H3,(H,16,17). The van der Waals surface area contributed by atoms with E-state index in [1.54, 1.807) is 28.3 Å². The third-order valence-corrected chi connectivity index (χ3v) is 4.50. The number of aromatic nitrogens is 2. The molecule has 2 aromatic rings. The summed E-state index contributed by atoms with van der Waals surface area (Å²) >= 11 is 1.74. The average molecular weight is 291 g/mol. The van der Waals surface area contributed by atoms with Crippen LogP contribution in [0.2, 0.25) is 0 Å². The molecule has 0 unspecified atom stereocenters. The maximum absolute atomic E-state index is 12.2. The summed E-state index contributed by atoms with van der Waals surface area (Å²) in [4.78, 5) is 17.7. The van der Waals surface area contributed by atoms with Crippen molar-refractivity contribution in [1.29, 1.82) is 0 Å². The molecular formula is C15H21N3OS. The van der Waals surface area contributed by atoms with Gasteiger partial charge in [0, 0.05) is 35.8 Å². The van der Waals surface area contributed by atoms with Gasteiger partial charge in [-0.1, -0.05) is 26.8 Å². The van der Waals surface area contributed by atoms with Gasteiger partial charge in [-0.25, -0.2) is 4.98 Å². The fourth-order valence-electron chi connectivity index (χ4n) is 2.04. The molecule has 0 atom stereocenters. The highest BCUT2D eigenvalue weighted by Gasteiger charge is 2.22. The molecule has 0 aliphatic heterocycles. The maximum atomic E-state index is 12.2. The third-order valence-electron chi connectivity index (χ3n) is 3.26. The Hall–Kier alpha value is -1.62. The Bertz CT molecular complexity index is 602. The number of hydrogen-bond donors (Lipinski definition) is 1. The molecule has 2 heterocycles. The Labute approximate surface area is 123 Å². The van der Waals surface area contributed by atoms with Crippen LogP contribution >= 0.6 is 11.3 Å². The van der Waals surface area contributed by atoms with Crippen molar-refractivity contribution in [3.8, 4) is 0 Å². The Morgan fingerprint density at radius 1 is 1.45 bits per heavy atom. The van der Waals surface area contributed by atoms with Gasteiger partial charge >= 0.3 is 0 Å². The van der Waals surface area contributed by atoms with E-state index in [-0.39, 0.29) is 11.0 Å². The smallest absolute Gasteiger partial charge is 0.293 e. The number of thiophene rings is 1. The van der Waals surface area contributed by atoms with Gasteiger partial charge in [-0.05, 0) is 17.9 Å². The third kappa shape index (κ3) is 3.28. The van der Waals surface area contributed by atoms with Crippen molar-refractivity contribution >= 4 is 17.2 Å². The van der Waals surface area contributed by atoms with Gasteiger partial charge < -0.3 is 9.88 Å². The highest BCUT2D eigenvalue weighted by Crippen LogP contribution is 2.27. The van der Waals surface area contributed by atoms with Crippen LogP contribution in [0.25, 0.3) is 0 Å². The predicted octanol–water partition coefficient (Wildman–Crippen LogP) is 3.10. The molecule has 0 aromatic carbocycles. The number of nitrogens with one attached hydrogen (secondary N) is 1. The molecule has 0 aliphatic rings. The zero-order chi connectivity index (χ0) is 14.6. The van der Waals surface area contributed by atoms with Gasteiger partial charge in [-0.15, -0.1) is 11.3 Å². The largest absolute Gasteiger partial charge is 0.365 e. The number of nitrogens with zero attached hydrogens (tertiary/aromatic N) is 2. The minimum atomic E-state index is -0.0451. The van der Waals surface area contributed by atoms with E-state index in [0.29, 0.717) is 12.4 Å². The molecule has 1 N–H and O–H groups in total. The van der Waals surface area contributed by atoms with Crippen molar-refractivity contribution in [2.45, 2.75) is 39.2 Å². The lowest BCUT2D eigenvalue weighted by molar-refractivity contribution is 0.566. The van der Waals surface area contributed by atoms with E-state index in [0.717, 1.165) is 13.0 Å². The Kier molecular flexibility index (Phi) is 4.60. The molecule has 0 spiro atoms. The fraction of sp³-hybridized carbons (Fsp3) is 0.467. The lowest BCUT2D eigenvalue weighted by Gasteiger charge is -2.23. The zero-order valence-electron chi connectivity index (χ0n) is 12.2. The molecule has 0 amide bonds. The van der Waals surface area contributed by atoms with Crippen LogP contribution in [-0.4, -0.2) is 16.1 Å². The predicted molar refractivity (Wildman–Crippen MR) is 84.6 cm³/mol. The lowest BCUT2D eigenvalue weighted by atomic mass is 9.91. The topological polar surface area (TPSA) is 46.9 Å². The fourth-order valence-corrected chi connectivity index (χ4v) is 2.89. The van der Waals surface area contributed by atoms with Crippen LogP contribution in [-0.2, 0) is 12.0 Å². The van der Waals surface area contributed by atoms with Crippen LogP contribution in [0.5, 0.6) is 0 Å². The SMILES string of the molecule is CCCn1ccnc(NCC(C)(C)c2cccs2)c1=O. The van der Waals surface area contributed by atoms with E-state index in [1.165, 1.54) is 4.88 Å². The van der Waals surface area contributed by atoms with E-state index >= 15 is 0 Å². The highest BCUT2D eigenvalue weighted by atomic mass is 32.1. The van der Waals surface area contributed by atoms with Crippen LogP contribution in [0.4, 0.5) is 5.82 Å². The second-order valence-corrected chi connectivity index (χ2v) is 6.44. The molecule has 2 rings (SSSR count). The quantitative estimate of drug-likeness (QED) is 0.889. The van der Waals surface area contributed by atoms with E-state index in [1.807, 2.05) is 0 Å².